The molecule has 12 heteroatoms. The van der Waals surface area contributed by atoms with E-state index in [0.717, 1.165) is 11.6 Å². The van der Waals surface area contributed by atoms with Gasteiger partial charge < -0.3 is 0 Å². The van der Waals surface area contributed by atoms with Crippen molar-refractivity contribution in [2.75, 3.05) is 5.43 Å². The number of benzene rings is 2. The molecule has 0 aliphatic carbocycles. The maximum absolute atomic E-state index is 12.8. The number of rotatable bonds is 6. The maximum atomic E-state index is 12.8. The summed E-state index contributed by atoms with van der Waals surface area (Å²) in [6.07, 6.45) is -2.03. The number of anilines is 1. The number of alkyl halides is 3. The number of nitro groups is 1. The van der Waals surface area contributed by atoms with Gasteiger partial charge in [0.15, 0.2) is 0 Å². The zero-order chi connectivity index (χ0) is 21.9. The summed E-state index contributed by atoms with van der Waals surface area (Å²) in [6.45, 7) is 0.310. The number of nitrogens with zero attached hydrogens (tertiary/aromatic N) is 3. The summed E-state index contributed by atoms with van der Waals surface area (Å²) in [5, 5.41) is 15.7. The molecule has 0 radical (unpaired) electrons. The lowest BCUT2D eigenvalue weighted by Gasteiger charge is -2.11. The van der Waals surface area contributed by atoms with Crippen LogP contribution in [0.3, 0.4) is 0 Å². The number of nitrogens with one attached hydrogen (secondary N) is 2. The Bertz CT molecular complexity index is 1100. The summed E-state index contributed by atoms with van der Waals surface area (Å²) in [6, 6.07) is 9.02. The van der Waals surface area contributed by atoms with E-state index in [1.807, 2.05) is 0 Å². The van der Waals surface area contributed by atoms with Crippen LogP contribution in [0.1, 0.15) is 21.5 Å². The molecule has 0 unspecified atom stereocenters. The first-order chi connectivity index (χ1) is 14.1. The molecular formula is C18H13ClF3N5O3. The highest BCUT2D eigenvalue weighted by atomic mass is 35.5. The Morgan fingerprint density at radius 1 is 1.23 bits per heavy atom. The van der Waals surface area contributed by atoms with Gasteiger partial charge in [-0.15, -0.1) is 0 Å². The smallest absolute Gasteiger partial charge is 0.292 e. The molecule has 156 valence electrons. The van der Waals surface area contributed by atoms with Crippen LogP contribution in [0, 0.1) is 10.1 Å². The number of carbonyl (C=O) groups is 1. The van der Waals surface area contributed by atoms with Gasteiger partial charge >= 0.3 is 6.18 Å². The van der Waals surface area contributed by atoms with E-state index in [-0.39, 0.29) is 11.3 Å². The predicted octanol–water partition coefficient (Wildman–Crippen LogP) is 4.27. The Labute approximate surface area is 172 Å². The number of hydrogen-bond acceptors (Lipinski definition) is 5. The Kier molecular flexibility index (Phi) is 5.92. The molecule has 0 saturated carbocycles. The van der Waals surface area contributed by atoms with E-state index in [1.54, 1.807) is 24.3 Å². The molecule has 0 aliphatic heterocycles. The summed E-state index contributed by atoms with van der Waals surface area (Å²) in [5.41, 5.74) is 3.08. The van der Waals surface area contributed by atoms with Gasteiger partial charge in [-0.2, -0.15) is 18.3 Å². The number of amides is 1. The molecule has 3 aromatic rings. The lowest BCUT2D eigenvalue weighted by atomic mass is 10.1. The van der Waals surface area contributed by atoms with Crippen LogP contribution in [-0.2, 0) is 12.7 Å². The number of aromatic nitrogens is 2. The molecule has 1 amide bonds. The molecular weight excluding hydrogens is 427 g/mol. The molecule has 3 rings (SSSR count). The van der Waals surface area contributed by atoms with Crippen molar-refractivity contribution < 1.29 is 22.9 Å². The second-order valence-corrected chi connectivity index (χ2v) is 6.49. The molecule has 1 heterocycles. The van der Waals surface area contributed by atoms with Crippen molar-refractivity contribution in [2.45, 2.75) is 12.7 Å². The topological polar surface area (TPSA) is 102 Å². The summed E-state index contributed by atoms with van der Waals surface area (Å²) in [7, 11) is 0. The van der Waals surface area contributed by atoms with Crippen LogP contribution in [0.25, 0.3) is 0 Å². The second kappa shape index (κ2) is 8.41. The molecule has 0 bridgehead atoms. The third-order valence-corrected chi connectivity index (χ3v) is 4.39. The van der Waals surface area contributed by atoms with Crippen LogP contribution in [0.4, 0.5) is 24.5 Å². The average molecular weight is 440 g/mol. The minimum absolute atomic E-state index is 0.129. The molecule has 2 aromatic carbocycles. The Hall–Kier alpha value is -3.60. The highest BCUT2D eigenvalue weighted by Crippen LogP contribution is 2.34. The minimum atomic E-state index is -4.73. The van der Waals surface area contributed by atoms with E-state index in [2.05, 4.69) is 16.0 Å². The number of hydrazine groups is 1. The van der Waals surface area contributed by atoms with Gasteiger partial charge in [-0.25, -0.2) is 0 Å². The Morgan fingerprint density at radius 3 is 2.63 bits per heavy atom. The number of nitro benzene ring substituents is 1. The summed E-state index contributed by atoms with van der Waals surface area (Å²) < 4.78 is 39.7. The standard InChI is InChI=1S/C18H13ClF3N5O3/c19-14-4-2-1-3-11(14)9-26-10-12(8-23-26)17(28)25-24-15-6-5-13(18(20,21)22)7-16(15)27(29)30/h1-8,10,24H,9H2,(H,25,28). The third-order valence-electron chi connectivity index (χ3n) is 4.02. The number of hydrogen-bond donors (Lipinski definition) is 2. The van der Waals surface area contributed by atoms with Crippen LogP contribution in [0.2, 0.25) is 5.02 Å². The zero-order valence-electron chi connectivity index (χ0n) is 15.0. The molecule has 2 N–H and O–H groups in total. The number of halogens is 4. The maximum Gasteiger partial charge on any atom is 0.416 e. The van der Waals surface area contributed by atoms with E-state index in [0.29, 0.717) is 23.7 Å². The molecule has 8 nitrogen and oxygen atoms in total. The first-order valence-electron chi connectivity index (χ1n) is 8.33. The molecule has 0 saturated heterocycles. The van der Waals surface area contributed by atoms with E-state index in [9.17, 15) is 28.1 Å². The Morgan fingerprint density at radius 2 is 1.97 bits per heavy atom. The fourth-order valence-corrected chi connectivity index (χ4v) is 2.72. The normalized spacial score (nSPS) is 11.2. The molecule has 0 atom stereocenters. The number of carbonyl (C=O) groups excluding carboxylic acids is 1. The first-order valence-corrected chi connectivity index (χ1v) is 8.71. The lowest BCUT2D eigenvalue weighted by molar-refractivity contribution is -0.384. The van der Waals surface area contributed by atoms with Gasteiger partial charge in [0, 0.05) is 17.3 Å². The highest BCUT2D eigenvalue weighted by Gasteiger charge is 2.33. The quantitative estimate of drug-likeness (QED) is 0.441. The van der Waals surface area contributed by atoms with Gasteiger partial charge in [0.1, 0.15) is 5.69 Å². The summed E-state index contributed by atoms with van der Waals surface area (Å²) in [4.78, 5) is 22.4. The molecule has 0 spiro atoms. The van der Waals surface area contributed by atoms with Gasteiger partial charge in [0.2, 0.25) is 0 Å². The van der Waals surface area contributed by atoms with Gasteiger partial charge in [0.05, 0.1) is 28.8 Å². The molecule has 0 aliphatic rings. The van der Waals surface area contributed by atoms with Crippen molar-refractivity contribution in [1.29, 1.82) is 0 Å². The van der Waals surface area contributed by atoms with Crippen LogP contribution in [0.15, 0.2) is 54.9 Å². The van der Waals surface area contributed by atoms with Gasteiger partial charge in [-0.05, 0) is 23.8 Å². The summed E-state index contributed by atoms with van der Waals surface area (Å²) in [5.74, 6) is -0.686. The van der Waals surface area contributed by atoms with Gasteiger partial charge in [-0.1, -0.05) is 29.8 Å². The van der Waals surface area contributed by atoms with Crippen LogP contribution >= 0.6 is 11.6 Å². The molecule has 0 fully saturated rings. The second-order valence-electron chi connectivity index (χ2n) is 6.08. The van der Waals surface area contributed by atoms with Crippen molar-refractivity contribution in [2.24, 2.45) is 0 Å². The van der Waals surface area contributed by atoms with Gasteiger partial charge in [-0.3, -0.25) is 30.4 Å². The van der Waals surface area contributed by atoms with Crippen LogP contribution in [0.5, 0.6) is 0 Å². The van der Waals surface area contributed by atoms with Crippen molar-refractivity contribution in [1.82, 2.24) is 15.2 Å². The van der Waals surface area contributed by atoms with Gasteiger partial charge in [0.25, 0.3) is 11.6 Å². The predicted molar refractivity (Wildman–Crippen MR) is 102 cm³/mol. The minimum Gasteiger partial charge on any atom is -0.292 e. The highest BCUT2D eigenvalue weighted by molar-refractivity contribution is 6.31. The van der Waals surface area contributed by atoms with E-state index in [1.165, 1.54) is 17.1 Å². The zero-order valence-corrected chi connectivity index (χ0v) is 15.7. The van der Waals surface area contributed by atoms with Crippen molar-refractivity contribution in [3.05, 3.63) is 86.7 Å². The monoisotopic (exact) mass is 439 g/mol. The first kappa shape index (κ1) is 21.1. The van der Waals surface area contributed by atoms with Crippen LogP contribution in [-0.4, -0.2) is 20.6 Å². The van der Waals surface area contributed by atoms with E-state index >= 15 is 0 Å². The SMILES string of the molecule is O=C(NNc1ccc(C(F)(F)F)cc1[N+](=O)[O-])c1cnn(Cc2ccccc2Cl)c1. The molecule has 1 aromatic heterocycles. The van der Waals surface area contributed by atoms with Crippen LogP contribution < -0.4 is 10.9 Å². The lowest BCUT2D eigenvalue weighted by Crippen LogP contribution is -2.29. The average Bonchev–Trinajstić information content (AvgIpc) is 3.15. The third kappa shape index (κ3) is 4.87. The van der Waals surface area contributed by atoms with Crippen molar-refractivity contribution >= 4 is 28.9 Å². The summed E-state index contributed by atoms with van der Waals surface area (Å²) >= 11 is 6.08. The largest absolute Gasteiger partial charge is 0.416 e. The van der Waals surface area contributed by atoms with Crippen molar-refractivity contribution in [3.8, 4) is 0 Å². The fraction of sp³-hybridized carbons (Fsp3) is 0.111. The fourth-order valence-electron chi connectivity index (χ4n) is 2.53. The van der Waals surface area contributed by atoms with E-state index < -0.39 is 28.3 Å². The Balaban J connectivity index is 1.70. The van der Waals surface area contributed by atoms with E-state index in [4.69, 9.17) is 11.6 Å². The van der Waals surface area contributed by atoms with Crippen molar-refractivity contribution in [3.63, 3.8) is 0 Å². The molecule has 30 heavy (non-hydrogen) atoms.